The lowest BCUT2D eigenvalue weighted by atomic mass is 10.2. The van der Waals surface area contributed by atoms with Gasteiger partial charge in [-0.1, -0.05) is 12.8 Å². The van der Waals surface area contributed by atoms with Gasteiger partial charge in [0.25, 0.3) is 0 Å². The topological polar surface area (TPSA) is 70.0 Å². The molecule has 1 N–H and O–H groups in total. The van der Waals surface area contributed by atoms with Crippen LogP contribution in [0, 0.1) is 17.1 Å². The minimum Gasteiger partial charge on any atom is -0.211 e. The van der Waals surface area contributed by atoms with E-state index in [-0.39, 0.29) is 10.5 Å². The van der Waals surface area contributed by atoms with Crippen LogP contribution in [0.4, 0.5) is 4.39 Å². The standard InChI is InChI=1S/C14H19FN2O2S2/c1-20-9-5-3-2-4-8-17-21(18,19)13-6-7-14(15)12(10-13)11-16/h6-7,10,17H,2-5,8-9H2,1H3. The first-order valence-corrected chi connectivity index (χ1v) is 9.57. The molecular formula is C14H19FN2O2S2. The molecule has 0 spiro atoms. The highest BCUT2D eigenvalue weighted by atomic mass is 32.2. The van der Waals surface area contributed by atoms with Gasteiger partial charge >= 0.3 is 0 Å². The Morgan fingerprint density at radius 3 is 2.67 bits per heavy atom. The fourth-order valence-electron chi connectivity index (χ4n) is 1.77. The third-order valence-electron chi connectivity index (χ3n) is 2.94. The van der Waals surface area contributed by atoms with Crippen molar-refractivity contribution in [2.45, 2.75) is 30.6 Å². The van der Waals surface area contributed by atoms with Crippen LogP contribution in [0.25, 0.3) is 0 Å². The lowest BCUT2D eigenvalue weighted by Crippen LogP contribution is -2.25. The van der Waals surface area contributed by atoms with Crippen molar-refractivity contribution in [1.29, 1.82) is 5.26 Å². The molecule has 1 rings (SSSR count). The number of unbranched alkanes of at least 4 members (excludes halogenated alkanes) is 3. The van der Waals surface area contributed by atoms with Gasteiger partial charge in [0.1, 0.15) is 11.9 Å². The summed E-state index contributed by atoms with van der Waals surface area (Å²) < 4.78 is 39.6. The second kappa shape index (κ2) is 9.03. The number of thioether (sulfide) groups is 1. The van der Waals surface area contributed by atoms with Crippen molar-refractivity contribution in [1.82, 2.24) is 4.72 Å². The summed E-state index contributed by atoms with van der Waals surface area (Å²) in [6.07, 6.45) is 6.01. The molecule has 116 valence electrons. The Kier molecular flexibility index (Phi) is 7.72. The highest BCUT2D eigenvalue weighted by molar-refractivity contribution is 7.98. The molecule has 0 saturated carbocycles. The predicted octanol–water partition coefficient (Wildman–Crippen LogP) is 2.90. The Balaban J connectivity index is 2.49. The van der Waals surface area contributed by atoms with E-state index in [1.54, 1.807) is 17.8 Å². The molecule has 0 aliphatic carbocycles. The van der Waals surface area contributed by atoms with Gasteiger partial charge < -0.3 is 0 Å². The normalized spacial score (nSPS) is 11.3. The summed E-state index contributed by atoms with van der Waals surface area (Å²) in [6, 6.07) is 4.85. The maximum absolute atomic E-state index is 13.2. The van der Waals surface area contributed by atoms with Crippen molar-refractivity contribution in [3.05, 3.63) is 29.6 Å². The van der Waals surface area contributed by atoms with Gasteiger partial charge in [0.2, 0.25) is 10.0 Å². The van der Waals surface area contributed by atoms with Crippen LogP contribution in [0.1, 0.15) is 31.2 Å². The first-order chi connectivity index (χ1) is 10.0. The van der Waals surface area contributed by atoms with Crippen LogP contribution in [0.5, 0.6) is 0 Å². The van der Waals surface area contributed by atoms with Crippen LogP contribution < -0.4 is 4.72 Å². The molecule has 1 aromatic rings. The molecule has 0 heterocycles. The van der Waals surface area contributed by atoms with E-state index in [0.29, 0.717) is 6.54 Å². The number of nitriles is 1. The van der Waals surface area contributed by atoms with Gasteiger partial charge in [-0.05, 0) is 43.0 Å². The summed E-state index contributed by atoms with van der Waals surface area (Å²) >= 11 is 1.80. The zero-order chi connectivity index (χ0) is 15.7. The lowest BCUT2D eigenvalue weighted by molar-refractivity contribution is 0.573. The molecule has 0 saturated heterocycles. The van der Waals surface area contributed by atoms with Crippen molar-refractivity contribution in [2.75, 3.05) is 18.6 Å². The molecule has 0 amide bonds. The van der Waals surface area contributed by atoms with Crippen LogP contribution in [-0.2, 0) is 10.0 Å². The van der Waals surface area contributed by atoms with Crippen LogP contribution in [0.15, 0.2) is 23.1 Å². The van der Waals surface area contributed by atoms with Crippen molar-refractivity contribution < 1.29 is 12.8 Å². The number of hydrogen-bond donors (Lipinski definition) is 1. The van der Waals surface area contributed by atoms with Gasteiger partial charge in [-0.2, -0.15) is 17.0 Å². The molecule has 7 heteroatoms. The zero-order valence-corrected chi connectivity index (χ0v) is 13.6. The van der Waals surface area contributed by atoms with Gasteiger partial charge in [0, 0.05) is 6.54 Å². The average Bonchev–Trinajstić information content (AvgIpc) is 2.46. The lowest BCUT2D eigenvalue weighted by Gasteiger charge is -2.07. The van der Waals surface area contributed by atoms with Gasteiger partial charge in [0.05, 0.1) is 10.5 Å². The molecule has 1 aromatic carbocycles. The van der Waals surface area contributed by atoms with Gasteiger partial charge in [-0.3, -0.25) is 0 Å². The second-order valence-electron chi connectivity index (χ2n) is 4.56. The highest BCUT2D eigenvalue weighted by Crippen LogP contribution is 2.14. The Morgan fingerprint density at radius 2 is 2.00 bits per heavy atom. The van der Waals surface area contributed by atoms with E-state index in [9.17, 15) is 12.8 Å². The van der Waals surface area contributed by atoms with Crippen LogP contribution in [0.3, 0.4) is 0 Å². The predicted molar refractivity (Wildman–Crippen MR) is 83.2 cm³/mol. The summed E-state index contributed by atoms with van der Waals surface area (Å²) in [5.74, 6) is 0.406. The third-order valence-corrected chi connectivity index (χ3v) is 5.09. The summed E-state index contributed by atoms with van der Waals surface area (Å²) in [5, 5.41) is 8.72. The number of halogens is 1. The SMILES string of the molecule is CSCCCCCCNS(=O)(=O)c1ccc(F)c(C#N)c1. The summed E-state index contributed by atoms with van der Waals surface area (Å²) in [4.78, 5) is -0.0807. The number of nitrogens with zero attached hydrogens (tertiary/aromatic N) is 1. The van der Waals surface area contributed by atoms with E-state index < -0.39 is 15.8 Å². The van der Waals surface area contributed by atoms with Gasteiger partial charge in [-0.25, -0.2) is 17.5 Å². The monoisotopic (exact) mass is 330 g/mol. The Morgan fingerprint density at radius 1 is 1.29 bits per heavy atom. The molecule has 0 aliphatic heterocycles. The van der Waals surface area contributed by atoms with Crippen molar-refractivity contribution in [2.24, 2.45) is 0 Å². The molecule has 0 fully saturated rings. The van der Waals surface area contributed by atoms with Crippen molar-refractivity contribution >= 4 is 21.8 Å². The molecule has 0 atom stereocenters. The number of sulfonamides is 1. The smallest absolute Gasteiger partial charge is 0.211 e. The van der Waals surface area contributed by atoms with E-state index in [1.807, 2.05) is 0 Å². The maximum Gasteiger partial charge on any atom is 0.240 e. The Hall–Kier alpha value is -1.10. The van der Waals surface area contributed by atoms with E-state index in [1.165, 1.54) is 0 Å². The third kappa shape index (κ3) is 6.04. The van der Waals surface area contributed by atoms with E-state index in [2.05, 4.69) is 11.0 Å². The fraction of sp³-hybridized carbons (Fsp3) is 0.500. The zero-order valence-electron chi connectivity index (χ0n) is 11.9. The number of rotatable bonds is 9. The molecule has 0 bridgehead atoms. The number of hydrogen-bond acceptors (Lipinski definition) is 4. The number of benzene rings is 1. The van der Waals surface area contributed by atoms with E-state index >= 15 is 0 Å². The maximum atomic E-state index is 13.2. The first-order valence-electron chi connectivity index (χ1n) is 6.69. The highest BCUT2D eigenvalue weighted by Gasteiger charge is 2.15. The van der Waals surface area contributed by atoms with Crippen LogP contribution in [-0.4, -0.2) is 27.0 Å². The summed E-state index contributed by atoms with van der Waals surface area (Å²) in [6.45, 7) is 0.348. The van der Waals surface area contributed by atoms with Crippen LogP contribution in [0.2, 0.25) is 0 Å². The minimum absolute atomic E-state index is 0.0807. The minimum atomic E-state index is -3.68. The molecule has 0 unspecified atom stereocenters. The second-order valence-corrected chi connectivity index (χ2v) is 7.31. The van der Waals surface area contributed by atoms with Gasteiger partial charge in [0.15, 0.2) is 0 Å². The Labute approximate surface area is 129 Å². The van der Waals surface area contributed by atoms with Gasteiger partial charge in [-0.15, -0.1) is 0 Å². The van der Waals surface area contributed by atoms with Crippen molar-refractivity contribution in [3.63, 3.8) is 0 Å². The molecule has 0 aromatic heterocycles. The summed E-state index contributed by atoms with van der Waals surface area (Å²) in [7, 11) is -3.68. The largest absolute Gasteiger partial charge is 0.240 e. The number of nitrogens with one attached hydrogen (secondary N) is 1. The summed E-state index contributed by atoms with van der Waals surface area (Å²) in [5.41, 5.74) is -0.269. The van der Waals surface area contributed by atoms with Crippen LogP contribution >= 0.6 is 11.8 Å². The first kappa shape index (κ1) is 18.0. The van der Waals surface area contributed by atoms with E-state index in [0.717, 1.165) is 49.6 Å². The molecule has 0 aliphatic rings. The average molecular weight is 330 g/mol. The fourth-order valence-corrected chi connectivity index (χ4v) is 3.36. The quantitative estimate of drug-likeness (QED) is 0.707. The van der Waals surface area contributed by atoms with Crippen molar-refractivity contribution in [3.8, 4) is 6.07 Å². The molecular weight excluding hydrogens is 311 g/mol. The van der Waals surface area contributed by atoms with E-state index in [4.69, 9.17) is 5.26 Å². The molecule has 21 heavy (non-hydrogen) atoms. The molecule has 4 nitrogen and oxygen atoms in total. The molecule has 0 radical (unpaired) electrons. The Bertz CT molecular complexity index is 597.